The van der Waals surface area contributed by atoms with Gasteiger partial charge in [-0.15, -0.1) is 0 Å². The van der Waals surface area contributed by atoms with Gasteiger partial charge in [-0.1, -0.05) is 87.5 Å². The van der Waals surface area contributed by atoms with Gasteiger partial charge in [0.15, 0.2) is 5.78 Å². The van der Waals surface area contributed by atoms with Gasteiger partial charge < -0.3 is 4.74 Å². The minimum Gasteiger partial charge on any atom is -0.363 e. The Morgan fingerprint density at radius 1 is 0.947 bits per heavy atom. The average Bonchev–Trinajstić information content (AvgIpc) is 3.27. The summed E-state index contributed by atoms with van der Waals surface area (Å²) in [5, 5.41) is 0. The third-order valence-electron chi connectivity index (χ3n) is 12.3. The molecule has 4 aliphatic carbocycles. The van der Waals surface area contributed by atoms with Crippen molar-refractivity contribution in [1.29, 1.82) is 0 Å². The van der Waals surface area contributed by atoms with Crippen molar-refractivity contribution < 1.29 is 9.53 Å². The third kappa shape index (κ3) is 3.51. The SMILES string of the molecule is CC(CC=C(c1ccccc1)c1ccccc1)C1CC2C3CCC4C[C@H]5CC[C@]4(C)C3(O5)C(=O)C[C@]2(C)C1. The summed E-state index contributed by atoms with van der Waals surface area (Å²) in [6.45, 7) is 7.36. The summed E-state index contributed by atoms with van der Waals surface area (Å²) in [7, 11) is 0. The largest absolute Gasteiger partial charge is 0.363 e. The maximum Gasteiger partial charge on any atom is 0.166 e. The average molecular weight is 509 g/mol. The van der Waals surface area contributed by atoms with Crippen molar-refractivity contribution in [2.45, 2.75) is 90.3 Å². The molecule has 2 nitrogen and oxygen atoms in total. The fraction of sp³-hybridized carbons (Fsp3) is 0.583. The normalized spacial score (nSPS) is 41.8. The molecule has 0 N–H and O–H groups in total. The number of benzene rings is 2. The van der Waals surface area contributed by atoms with Crippen LogP contribution in [0.4, 0.5) is 0 Å². The van der Waals surface area contributed by atoms with Crippen LogP contribution in [-0.2, 0) is 9.53 Å². The van der Waals surface area contributed by atoms with Crippen LogP contribution < -0.4 is 0 Å². The van der Waals surface area contributed by atoms with E-state index in [9.17, 15) is 4.79 Å². The van der Waals surface area contributed by atoms with Crippen molar-refractivity contribution in [2.75, 3.05) is 0 Å². The summed E-state index contributed by atoms with van der Waals surface area (Å²) in [5.41, 5.74) is 3.65. The Hall–Kier alpha value is -2.19. The molecule has 6 aliphatic rings. The number of carbonyl (C=O) groups excluding carboxylic acids is 1. The zero-order chi connectivity index (χ0) is 26.1. The Bertz CT molecular complexity index is 1190. The molecule has 0 aromatic heterocycles. The van der Waals surface area contributed by atoms with Crippen molar-refractivity contribution in [3.05, 3.63) is 77.9 Å². The second kappa shape index (κ2) is 8.91. The van der Waals surface area contributed by atoms with Crippen LogP contribution in [0.1, 0.15) is 89.7 Å². The molecule has 2 heteroatoms. The highest BCUT2D eigenvalue weighted by molar-refractivity contribution is 5.91. The first-order valence-electron chi connectivity index (χ1n) is 15.4. The Morgan fingerprint density at radius 2 is 1.63 bits per heavy atom. The molecular formula is C36H44O2. The lowest BCUT2D eigenvalue weighted by Gasteiger charge is -2.70. The highest BCUT2D eigenvalue weighted by Gasteiger charge is 2.74. The van der Waals surface area contributed by atoms with Gasteiger partial charge in [0.05, 0.1) is 6.10 Å². The quantitative estimate of drug-likeness (QED) is 0.405. The number of fused-ring (bicyclic) bond motifs is 3. The van der Waals surface area contributed by atoms with E-state index in [1.807, 2.05) is 0 Å². The molecule has 2 aliphatic heterocycles. The molecule has 4 bridgehead atoms. The van der Waals surface area contributed by atoms with E-state index < -0.39 is 5.60 Å². The van der Waals surface area contributed by atoms with E-state index in [0.717, 1.165) is 19.3 Å². The van der Waals surface area contributed by atoms with E-state index in [1.165, 1.54) is 55.2 Å². The number of Topliss-reactive ketones (excluding diaryl/α,β-unsaturated/α-hetero) is 1. The molecule has 6 fully saturated rings. The molecule has 0 amide bonds. The van der Waals surface area contributed by atoms with E-state index in [4.69, 9.17) is 4.74 Å². The van der Waals surface area contributed by atoms with Gasteiger partial charge in [0.25, 0.3) is 0 Å². The van der Waals surface area contributed by atoms with Gasteiger partial charge >= 0.3 is 0 Å². The second-order valence-corrected chi connectivity index (χ2v) is 14.2. The number of ether oxygens (including phenoxy) is 1. The van der Waals surface area contributed by atoms with Crippen LogP contribution in [0.25, 0.3) is 5.57 Å². The number of allylic oxidation sites excluding steroid dienone is 1. The van der Waals surface area contributed by atoms with Crippen molar-refractivity contribution in [3.8, 4) is 0 Å². The Labute approximate surface area is 229 Å². The van der Waals surface area contributed by atoms with E-state index in [1.54, 1.807) is 0 Å². The van der Waals surface area contributed by atoms with Gasteiger partial charge in [-0.2, -0.15) is 0 Å². The van der Waals surface area contributed by atoms with Gasteiger partial charge in [0.1, 0.15) is 5.60 Å². The molecule has 1 spiro atoms. The van der Waals surface area contributed by atoms with Crippen LogP contribution >= 0.6 is 0 Å². The molecule has 6 unspecified atom stereocenters. The van der Waals surface area contributed by atoms with Crippen molar-refractivity contribution in [2.24, 2.45) is 40.4 Å². The van der Waals surface area contributed by atoms with E-state index >= 15 is 0 Å². The first-order chi connectivity index (χ1) is 18.3. The molecule has 2 aromatic rings. The van der Waals surface area contributed by atoms with Crippen molar-refractivity contribution in [3.63, 3.8) is 0 Å². The molecule has 0 radical (unpaired) electrons. The van der Waals surface area contributed by atoms with E-state index in [-0.39, 0.29) is 10.8 Å². The number of hydrogen-bond donors (Lipinski definition) is 0. The van der Waals surface area contributed by atoms with Gasteiger partial charge in [-0.25, -0.2) is 0 Å². The molecule has 4 saturated carbocycles. The Kier molecular flexibility index (Phi) is 5.82. The standard InChI is InChI=1S/C36H44O2/c1-24(14-16-30(25-10-6-4-7-11-25)26-12-8-5-9-13-26)27-20-32-31-17-15-28-21-29-18-19-35(28,3)36(31,38-29)33(37)23-34(32,2)22-27/h4-13,16,24,27-29,31-32H,14-15,17-23H2,1-3H3/t24?,27?,28?,29-,31?,32?,34+,35+,36?/m1/s1. The molecule has 9 atom stereocenters. The van der Waals surface area contributed by atoms with Crippen LogP contribution in [-0.4, -0.2) is 17.5 Å². The fourth-order valence-electron chi connectivity index (χ4n) is 10.3. The predicted molar refractivity (Wildman–Crippen MR) is 153 cm³/mol. The minimum absolute atomic E-state index is 0.0653. The number of rotatable bonds is 5. The van der Waals surface area contributed by atoms with Crippen molar-refractivity contribution >= 4 is 11.4 Å². The topological polar surface area (TPSA) is 26.3 Å². The number of carbonyl (C=O) groups is 1. The molecule has 38 heavy (non-hydrogen) atoms. The summed E-state index contributed by atoms with van der Waals surface area (Å²) in [6, 6.07) is 21.7. The summed E-state index contributed by atoms with van der Waals surface area (Å²) < 4.78 is 6.93. The number of ketones is 1. The van der Waals surface area contributed by atoms with Crippen LogP contribution in [0, 0.1) is 40.4 Å². The van der Waals surface area contributed by atoms with Crippen LogP contribution in [0.3, 0.4) is 0 Å². The summed E-state index contributed by atoms with van der Waals surface area (Å²) in [6.07, 6.45) is 13.2. The molecule has 2 heterocycles. The van der Waals surface area contributed by atoms with Crippen molar-refractivity contribution in [1.82, 2.24) is 0 Å². The summed E-state index contributed by atoms with van der Waals surface area (Å²) >= 11 is 0. The summed E-state index contributed by atoms with van der Waals surface area (Å²) in [5.74, 6) is 3.48. The summed E-state index contributed by atoms with van der Waals surface area (Å²) in [4.78, 5) is 14.2. The van der Waals surface area contributed by atoms with Crippen LogP contribution in [0.2, 0.25) is 0 Å². The fourth-order valence-corrected chi connectivity index (χ4v) is 10.3. The first-order valence-corrected chi connectivity index (χ1v) is 15.4. The maximum atomic E-state index is 14.2. The van der Waals surface area contributed by atoms with E-state index in [2.05, 4.69) is 87.5 Å². The zero-order valence-corrected chi connectivity index (χ0v) is 23.5. The van der Waals surface area contributed by atoms with Gasteiger partial charge in [0.2, 0.25) is 0 Å². The maximum absolute atomic E-state index is 14.2. The molecule has 200 valence electrons. The third-order valence-corrected chi connectivity index (χ3v) is 12.3. The highest BCUT2D eigenvalue weighted by atomic mass is 16.5. The first kappa shape index (κ1) is 24.8. The smallest absolute Gasteiger partial charge is 0.166 e. The molecular weight excluding hydrogens is 464 g/mol. The number of hydrogen-bond acceptors (Lipinski definition) is 2. The minimum atomic E-state index is -0.479. The van der Waals surface area contributed by atoms with Gasteiger partial charge in [-0.3, -0.25) is 4.79 Å². The Balaban J connectivity index is 1.15. The molecule has 2 saturated heterocycles. The van der Waals surface area contributed by atoms with Crippen LogP contribution in [0.5, 0.6) is 0 Å². The Morgan fingerprint density at radius 3 is 2.32 bits per heavy atom. The van der Waals surface area contributed by atoms with E-state index in [0.29, 0.717) is 41.5 Å². The predicted octanol–water partition coefficient (Wildman–Crippen LogP) is 8.50. The monoisotopic (exact) mass is 508 g/mol. The van der Waals surface area contributed by atoms with Crippen LogP contribution in [0.15, 0.2) is 66.7 Å². The van der Waals surface area contributed by atoms with Gasteiger partial charge in [0, 0.05) is 11.8 Å². The second-order valence-electron chi connectivity index (χ2n) is 14.2. The lowest BCUT2D eigenvalue weighted by Crippen LogP contribution is -2.74. The van der Waals surface area contributed by atoms with Gasteiger partial charge in [-0.05, 0) is 103 Å². The lowest BCUT2D eigenvalue weighted by molar-refractivity contribution is -0.306. The molecule has 8 rings (SSSR count). The zero-order valence-electron chi connectivity index (χ0n) is 23.5. The highest BCUT2D eigenvalue weighted by Crippen LogP contribution is 2.72. The molecule has 2 aromatic carbocycles. The lowest BCUT2D eigenvalue weighted by atomic mass is 9.41.